The number of para-hydroxylation sites is 4. The van der Waals surface area contributed by atoms with Crippen LogP contribution in [0.25, 0.3) is 167 Å². The summed E-state index contributed by atoms with van der Waals surface area (Å²) in [6, 6.07) is 71.3. The maximum Gasteiger partial charge on any atom is 0.204 e. The van der Waals surface area contributed by atoms with Crippen LogP contribution in [0.5, 0.6) is 0 Å². The predicted molar refractivity (Wildman–Crippen MR) is 450 cm³/mol. The van der Waals surface area contributed by atoms with Crippen LogP contribution in [0.4, 0.5) is 0 Å². The maximum atomic E-state index is 5.15. The van der Waals surface area contributed by atoms with E-state index in [1.54, 1.807) is 12.4 Å². The fraction of sp³-hybridized carbons (Fsp3) is 0.151. The Morgan fingerprint density at radius 1 is 0.289 bits per heavy atom. The molecular weight excluding hydrogens is 2120 g/mol. The van der Waals surface area contributed by atoms with Crippen molar-refractivity contribution in [3.8, 4) is 22.5 Å². The summed E-state index contributed by atoms with van der Waals surface area (Å²) < 4.78 is 17.4. The molecule has 21 heteroatoms. The van der Waals surface area contributed by atoms with Crippen molar-refractivity contribution < 1.29 is 80.4 Å². The molecule has 114 heavy (non-hydrogen) atoms. The molecule has 0 saturated heterocycles. The smallest absolute Gasteiger partial charge is 0.204 e. The summed E-state index contributed by atoms with van der Waals surface area (Å²) in [6.45, 7) is 23.9. The fourth-order valence-corrected chi connectivity index (χ4v) is 16.5. The molecule has 0 aliphatic rings. The van der Waals surface area contributed by atoms with Gasteiger partial charge in [-0.05, 0) is 196 Å². The third kappa shape index (κ3) is 12.0. The van der Waals surface area contributed by atoms with E-state index < -0.39 is 0 Å². The van der Waals surface area contributed by atoms with Gasteiger partial charge in [-0.2, -0.15) is 0 Å². The van der Waals surface area contributed by atoms with Crippen molar-refractivity contribution in [3.63, 3.8) is 0 Å². The van der Waals surface area contributed by atoms with Crippen LogP contribution in [0.3, 0.4) is 0 Å². The van der Waals surface area contributed by atoms with Gasteiger partial charge in [0.25, 0.3) is 0 Å². The average molecular weight is 2200 g/mol. The summed E-state index contributed by atoms with van der Waals surface area (Å²) in [5.41, 5.74) is 36.7. The van der Waals surface area contributed by atoms with Gasteiger partial charge in [0.1, 0.15) is 0 Å². The van der Waals surface area contributed by atoms with Gasteiger partial charge in [0.15, 0.2) is 0 Å². The zero-order chi connectivity index (χ0) is 72.5. The maximum absolute atomic E-state index is 5.15. The van der Waals surface area contributed by atoms with E-state index in [2.05, 4.69) is 234 Å². The molecular formula is C93H79Ir4N17-4. The van der Waals surface area contributed by atoms with Gasteiger partial charge in [-0.25, -0.2) is 19.9 Å². The van der Waals surface area contributed by atoms with Gasteiger partial charge in [0, 0.05) is 116 Å². The molecule has 10 aromatic carbocycles. The Labute approximate surface area is 712 Å². The number of nitrogens with zero attached hydrogens (tertiary/aromatic N) is 17. The summed E-state index contributed by atoms with van der Waals surface area (Å²) >= 11 is 0. The number of aromatic nitrogens is 17. The SMILES string of the molecule is C.C.C.Cc1c(C)c(C)c2c(nc3n4c5ccccc5nc4c4[c-]cccc4n23)c1C.Cc1cc2c(nc3n2c2ccc[c-]c2c2nc4ccccc4n23)c(C)c1C.Cc1cccc(C)c1-c1cnc2n1c1ccc[c-]c1c1ncc(-c3c(C)cccc3C)n12.[Ir].[Ir].[Ir].[Ir].[c-]1cccc2c1c1nc3ccncc3n1c1nccn21. The molecule has 4 radical (unpaired) electrons. The summed E-state index contributed by atoms with van der Waals surface area (Å²) in [7, 11) is 0. The quantitative estimate of drug-likeness (QED) is 0.154. The van der Waals surface area contributed by atoms with Crippen LogP contribution in [-0.4, -0.2) is 80.1 Å². The van der Waals surface area contributed by atoms with Crippen LogP contribution < -0.4 is 0 Å². The van der Waals surface area contributed by atoms with Gasteiger partial charge in [0.05, 0.1) is 102 Å². The van der Waals surface area contributed by atoms with Crippen LogP contribution in [0, 0.1) is 100 Å². The Balaban J connectivity index is 0.000000131. The zero-order valence-electron chi connectivity index (χ0n) is 62.1. The van der Waals surface area contributed by atoms with E-state index in [1.165, 1.54) is 77.8 Å². The van der Waals surface area contributed by atoms with E-state index in [9.17, 15) is 0 Å². The second kappa shape index (κ2) is 31.0. The first-order chi connectivity index (χ1) is 52.2. The number of hydrogen-bond acceptors (Lipinski definition) is 9. The number of benzene rings is 10. The first kappa shape index (κ1) is 81.0. The number of rotatable bonds is 2. The molecule has 0 fully saturated rings. The van der Waals surface area contributed by atoms with E-state index in [4.69, 9.17) is 34.9 Å². The molecule has 0 unspecified atom stereocenters. The number of imidazole rings is 8. The molecule has 0 N–H and O–H groups in total. The third-order valence-corrected chi connectivity index (χ3v) is 22.2. The van der Waals surface area contributed by atoms with Crippen molar-refractivity contribution in [1.82, 2.24) is 80.1 Å². The standard InChI is InChI=1S/C28H23N4.C24H19N4.C23H17N4.C15H8N5.3CH4.4Ir/c1-17-9-7-10-18(2)25(17)23-16-30-28-31(23)22-14-6-5-13-21(22)27-29-15-24(32(27)28)26-19(3)11-8-12-20(26)4;1-13-14(2)16(4)22-21(15(13)3)26-24-27(22)19-11-7-5-9-17(19)23-25-18-10-6-8-12-20(18)28(23)24;1-13-12-20-21(15(3)14(13)2)25-23-26(20)18-10-6-4-8-16(18)22-24-17-9-5-7-11-19(17)27(22)23;1-2-4-12-10(3-1)14-18-11-5-6-16-9-13(11)20(14)15-17-7-8-19(12)15;;;;;;;/h5-12,14-16H,1-4H3;5-8,10-12H,1-4H3;4-7,9-12H,1-3H3;1-2,4-9H;3*1H4;;;;/q4*-1;;;;;;;. The van der Waals surface area contributed by atoms with Gasteiger partial charge in [-0.1, -0.05) is 104 Å². The van der Waals surface area contributed by atoms with Crippen molar-refractivity contribution in [2.45, 2.75) is 98.4 Å². The fourth-order valence-electron chi connectivity index (χ4n) is 16.5. The van der Waals surface area contributed by atoms with E-state index in [-0.39, 0.29) is 103 Å². The van der Waals surface area contributed by atoms with E-state index in [0.717, 1.165) is 150 Å². The molecule has 0 bridgehead atoms. The predicted octanol–water partition coefficient (Wildman–Crippen LogP) is 21.5. The normalized spacial score (nSPS) is 11.3. The van der Waals surface area contributed by atoms with Crippen LogP contribution >= 0.6 is 0 Å². The minimum atomic E-state index is 0. The summed E-state index contributed by atoms with van der Waals surface area (Å²) in [5.74, 6) is 3.50. The second-order valence-corrected chi connectivity index (χ2v) is 28.1. The van der Waals surface area contributed by atoms with Gasteiger partial charge >= 0.3 is 0 Å². The molecule has 23 rings (SSSR count). The topological polar surface area (TPSA) is 151 Å². The summed E-state index contributed by atoms with van der Waals surface area (Å²) in [5, 5.41) is 3.99. The van der Waals surface area contributed by atoms with Crippen LogP contribution in [0.1, 0.15) is 83.5 Å². The van der Waals surface area contributed by atoms with Gasteiger partial charge in [0.2, 0.25) is 23.1 Å². The van der Waals surface area contributed by atoms with Crippen molar-refractivity contribution in [2.75, 3.05) is 0 Å². The largest absolute Gasteiger partial charge is 0.327 e. The Morgan fingerprint density at radius 2 is 0.728 bits per heavy atom. The number of fused-ring (bicyclic) bond motifs is 34. The first-order valence-corrected chi connectivity index (χ1v) is 35.9. The summed E-state index contributed by atoms with van der Waals surface area (Å²) in [6.07, 6.45) is 11.3. The molecule has 0 aliphatic carbocycles. The van der Waals surface area contributed by atoms with Gasteiger partial charge in [-0.3, -0.25) is 24.9 Å². The number of hydrogen-bond donors (Lipinski definition) is 0. The molecule has 0 spiro atoms. The monoisotopic (exact) mass is 2210 g/mol. The van der Waals surface area contributed by atoms with Crippen molar-refractivity contribution in [3.05, 3.63) is 293 Å². The summed E-state index contributed by atoms with van der Waals surface area (Å²) in [4.78, 5) is 43.2. The third-order valence-electron chi connectivity index (χ3n) is 22.2. The van der Waals surface area contributed by atoms with E-state index >= 15 is 0 Å². The molecule has 23 aromatic rings. The molecule has 13 aromatic heterocycles. The number of pyridine rings is 1. The Bertz CT molecular complexity index is 7720. The Hall–Kier alpha value is -11.1. The van der Waals surface area contributed by atoms with Gasteiger partial charge in [-0.15, -0.1) is 97.1 Å². The van der Waals surface area contributed by atoms with Crippen LogP contribution in [-0.2, 0) is 80.4 Å². The van der Waals surface area contributed by atoms with Gasteiger partial charge < -0.3 is 35.2 Å². The molecule has 576 valence electrons. The van der Waals surface area contributed by atoms with E-state index in [0.29, 0.717) is 0 Å². The van der Waals surface area contributed by atoms with Crippen molar-refractivity contribution in [1.29, 1.82) is 0 Å². The molecule has 0 aliphatic heterocycles. The Kier molecular flexibility index (Phi) is 22.0. The minimum Gasteiger partial charge on any atom is -0.327 e. The first-order valence-electron chi connectivity index (χ1n) is 35.9. The molecule has 0 atom stereocenters. The average Bonchev–Trinajstić information content (AvgIpc) is 1.48. The zero-order valence-corrected chi connectivity index (χ0v) is 71.6. The van der Waals surface area contributed by atoms with Crippen molar-refractivity contribution >= 4 is 144 Å². The van der Waals surface area contributed by atoms with Crippen molar-refractivity contribution in [2.24, 2.45) is 0 Å². The molecule has 13 heterocycles. The minimum absolute atomic E-state index is 0. The molecule has 0 amide bonds. The van der Waals surface area contributed by atoms with Crippen LogP contribution in [0.2, 0.25) is 0 Å². The second-order valence-electron chi connectivity index (χ2n) is 28.1. The Morgan fingerprint density at radius 3 is 1.30 bits per heavy atom. The van der Waals surface area contributed by atoms with E-state index in [1.807, 2.05) is 106 Å². The molecule has 0 saturated carbocycles. The molecule has 17 nitrogen and oxygen atoms in total. The number of aryl methyl sites for hydroxylation is 8. The van der Waals surface area contributed by atoms with Crippen LogP contribution in [0.15, 0.2) is 207 Å².